The first-order chi connectivity index (χ1) is 7.90. The van der Waals surface area contributed by atoms with Crippen molar-refractivity contribution in [1.82, 2.24) is 9.38 Å². The Morgan fingerprint density at radius 1 is 1.41 bits per heavy atom. The van der Waals surface area contributed by atoms with E-state index in [0.717, 1.165) is 12.3 Å². The Labute approximate surface area is 95.4 Å². The number of hydrogen-bond donors (Lipinski definition) is 2. The van der Waals surface area contributed by atoms with Crippen molar-refractivity contribution < 1.29 is 13.2 Å². The summed E-state index contributed by atoms with van der Waals surface area (Å²) in [5.41, 5.74) is 5.08. The number of aromatic nitrogens is 2. The molecule has 7 heteroatoms. The molecule has 0 bridgehead atoms. The summed E-state index contributed by atoms with van der Waals surface area (Å²) in [6.07, 6.45) is -0.863. The second-order valence-corrected chi connectivity index (χ2v) is 3.12. The van der Waals surface area contributed by atoms with Crippen LogP contribution in [0.2, 0.25) is 0 Å². The highest BCUT2D eigenvalue weighted by Gasteiger charge is 2.30. The summed E-state index contributed by atoms with van der Waals surface area (Å²) in [5, 5.41) is 6.08. The maximum Gasteiger partial charge on any atom is 0.417 e. The molecule has 0 aliphatic rings. The van der Waals surface area contributed by atoms with Crippen LogP contribution in [0.5, 0.6) is 0 Å². The van der Waals surface area contributed by atoms with Gasteiger partial charge in [-0.1, -0.05) is 0 Å². The number of fused-ring (bicyclic) bond motifs is 1. The molecule has 2 aromatic heterocycles. The quantitative estimate of drug-likeness (QED) is 0.699. The lowest BCUT2D eigenvalue weighted by atomic mass is 10.3. The van der Waals surface area contributed by atoms with Crippen LogP contribution in [0.4, 0.5) is 19.0 Å². The minimum Gasteiger partial charge on any atom is -0.383 e. The number of nitrogen functional groups attached to an aromatic ring is 1. The fourth-order valence-electron chi connectivity index (χ4n) is 1.17. The van der Waals surface area contributed by atoms with Gasteiger partial charge in [0.2, 0.25) is 0 Å². The van der Waals surface area contributed by atoms with Crippen LogP contribution in [-0.4, -0.2) is 15.6 Å². The third kappa shape index (κ3) is 2.96. The molecule has 0 aliphatic carbocycles. The van der Waals surface area contributed by atoms with E-state index in [1.165, 1.54) is 22.9 Å². The first-order valence-corrected chi connectivity index (χ1v) is 4.65. The topological polar surface area (TPSA) is 67.2 Å². The predicted octanol–water partition coefficient (Wildman–Crippen LogP) is 2.59. The molecule has 2 rings (SSSR count). The molecule has 2 heterocycles. The third-order valence-electron chi connectivity index (χ3n) is 1.86. The van der Waals surface area contributed by atoms with Crippen molar-refractivity contribution in [3.05, 3.63) is 30.1 Å². The second kappa shape index (κ2) is 4.86. The summed E-state index contributed by atoms with van der Waals surface area (Å²) >= 11 is 0. The molecule has 3 N–H and O–H groups in total. The fourth-order valence-corrected chi connectivity index (χ4v) is 1.17. The molecule has 92 valence electrons. The Kier molecular flexibility index (Phi) is 3.72. The van der Waals surface area contributed by atoms with E-state index in [1.807, 2.05) is 0 Å². The highest BCUT2D eigenvalue weighted by molar-refractivity contribution is 5.49. The van der Waals surface area contributed by atoms with Crippen LogP contribution >= 0.6 is 0 Å². The van der Waals surface area contributed by atoms with Gasteiger partial charge in [0, 0.05) is 6.20 Å². The van der Waals surface area contributed by atoms with E-state index in [-0.39, 0.29) is 5.82 Å². The normalized spacial score (nSPS) is 10.8. The van der Waals surface area contributed by atoms with E-state index < -0.39 is 11.7 Å². The van der Waals surface area contributed by atoms with E-state index in [1.54, 1.807) is 6.92 Å². The molecule has 0 radical (unpaired) electrons. The van der Waals surface area contributed by atoms with Gasteiger partial charge in [0.05, 0.1) is 11.8 Å². The van der Waals surface area contributed by atoms with E-state index in [9.17, 15) is 13.2 Å². The minimum atomic E-state index is -4.36. The van der Waals surface area contributed by atoms with Crippen LogP contribution in [0, 0.1) is 5.41 Å². The second-order valence-electron chi connectivity index (χ2n) is 3.12. The molecular weight excluding hydrogens is 233 g/mol. The third-order valence-corrected chi connectivity index (χ3v) is 1.86. The average molecular weight is 244 g/mol. The zero-order valence-corrected chi connectivity index (χ0v) is 8.99. The highest BCUT2D eigenvalue weighted by atomic mass is 19.4. The number of alkyl halides is 3. The number of nitrogens with one attached hydrogen (secondary N) is 1. The standard InChI is InChI=1S/C8H6F3N3.C2H5N/c9-8(10,11)5-1-2-7-13-3-6(12)14(7)4-5;1-2-3/h1-4H,12H2;2-3H,1H3. The van der Waals surface area contributed by atoms with Crippen LogP contribution in [0.1, 0.15) is 12.5 Å². The smallest absolute Gasteiger partial charge is 0.383 e. The number of nitrogens with two attached hydrogens (primary N) is 1. The van der Waals surface area contributed by atoms with E-state index in [2.05, 4.69) is 4.98 Å². The first-order valence-electron chi connectivity index (χ1n) is 4.65. The zero-order valence-electron chi connectivity index (χ0n) is 8.99. The molecule has 0 aliphatic heterocycles. The summed E-state index contributed by atoms with van der Waals surface area (Å²) in [7, 11) is 0. The Bertz CT molecular complexity index is 516. The van der Waals surface area contributed by atoms with Crippen molar-refractivity contribution in [3.63, 3.8) is 0 Å². The summed E-state index contributed by atoms with van der Waals surface area (Å²) in [5.74, 6) is 0.186. The number of nitrogens with zero attached hydrogens (tertiary/aromatic N) is 2. The van der Waals surface area contributed by atoms with Gasteiger partial charge in [-0.2, -0.15) is 13.2 Å². The molecule has 0 atom stereocenters. The number of halogens is 3. The van der Waals surface area contributed by atoms with Crippen LogP contribution in [-0.2, 0) is 6.18 Å². The molecule has 17 heavy (non-hydrogen) atoms. The first kappa shape index (κ1) is 13.0. The van der Waals surface area contributed by atoms with E-state index in [4.69, 9.17) is 11.1 Å². The fraction of sp³-hybridized carbons (Fsp3) is 0.200. The van der Waals surface area contributed by atoms with Crippen molar-refractivity contribution >= 4 is 17.7 Å². The zero-order chi connectivity index (χ0) is 13.1. The molecule has 0 fully saturated rings. The summed E-state index contributed by atoms with van der Waals surface area (Å²) in [6, 6.07) is 2.25. The van der Waals surface area contributed by atoms with Crippen molar-refractivity contribution in [1.29, 1.82) is 5.41 Å². The number of anilines is 1. The molecule has 0 saturated heterocycles. The van der Waals surface area contributed by atoms with Crippen molar-refractivity contribution in [2.75, 3.05) is 5.73 Å². The molecule has 0 unspecified atom stereocenters. The molecule has 4 nitrogen and oxygen atoms in total. The van der Waals surface area contributed by atoms with E-state index >= 15 is 0 Å². The Hall–Kier alpha value is -2.05. The lowest BCUT2D eigenvalue weighted by Crippen LogP contribution is -2.06. The minimum absolute atomic E-state index is 0.186. The van der Waals surface area contributed by atoms with Gasteiger partial charge in [-0.05, 0) is 25.3 Å². The Morgan fingerprint density at radius 2 is 2.00 bits per heavy atom. The van der Waals surface area contributed by atoms with Crippen LogP contribution in [0.25, 0.3) is 5.65 Å². The van der Waals surface area contributed by atoms with Gasteiger partial charge in [0.25, 0.3) is 0 Å². The van der Waals surface area contributed by atoms with Gasteiger partial charge in [0.1, 0.15) is 11.5 Å². The molecule has 0 amide bonds. The van der Waals surface area contributed by atoms with Gasteiger partial charge in [0.15, 0.2) is 0 Å². The van der Waals surface area contributed by atoms with Gasteiger partial charge >= 0.3 is 6.18 Å². The van der Waals surface area contributed by atoms with Crippen molar-refractivity contribution in [2.24, 2.45) is 0 Å². The van der Waals surface area contributed by atoms with Crippen LogP contribution in [0.15, 0.2) is 24.5 Å². The molecule has 0 aromatic carbocycles. The lowest BCUT2D eigenvalue weighted by molar-refractivity contribution is -0.137. The van der Waals surface area contributed by atoms with Gasteiger partial charge in [-0.15, -0.1) is 0 Å². The van der Waals surface area contributed by atoms with E-state index in [0.29, 0.717) is 5.65 Å². The van der Waals surface area contributed by atoms with Gasteiger partial charge in [-0.25, -0.2) is 4.98 Å². The molecule has 0 saturated carbocycles. The Balaban J connectivity index is 0.000000437. The number of rotatable bonds is 0. The number of hydrogen-bond acceptors (Lipinski definition) is 3. The SMILES string of the molecule is CC=N.Nc1cnc2ccc(C(F)(F)F)cn12. The van der Waals surface area contributed by atoms with Crippen molar-refractivity contribution in [3.8, 4) is 0 Å². The van der Waals surface area contributed by atoms with Crippen molar-refractivity contribution in [2.45, 2.75) is 13.1 Å². The maximum atomic E-state index is 12.3. The molecule has 0 spiro atoms. The Morgan fingerprint density at radius 3 is 2.53 bits per heavy atom. The monoisotopic (exact) mass is 244 g/mol. The highest BCUT2D eigenvalue weighted by Crippen LogP contribution is 2.29. The maximum absolute atomic E-state index is 12.3. The summed E-state index contributed by atoms with van der Waals surface area (Å²) in [6.45, 7) is 1.67. The number of pyridine rings is 1. The van der Waals surface area contributed by atoms with Gasteiger partial charge < -0.3 is 11.1 Å². The molecule has 2 aromatic rings. The van der Waals surface area contributed by atoms with Gasteiger partial charge in [-0.3, -0.25) is 4.40 Å². The molecular formula is C10H11F3N4. The summed E-state index contributed by atoms with van der Waals surface area (Å²) in [4.78, 5) is 3.81. The van der Waals surface area contributed by atoms with Crippen LogP contribution in [0.3, 0.4) is 0 Å². The average Bonchev–Trinajstić information content (AvgIpc) is 2.60. The predicted molar refractivity (Wildman–Crippen MR) is 59.1 cm³/mol. The summed E-state index contributed by atoms with van der Waals surface area (Å²) < 4.78 is 38.0. The largest absolute Gasteiger partial charge is 0.417 e. The number of imidazole rings is 1. The van der Waals surface area contributed by atoms with Crippen LogP contribution < -0.4 is 5.73 Å². The lowest BCUT2D eigenvalue weighted by Gasteiger charge is -2.06.